The molecule has 0 unspecified atom stereocenters. The van der Waals surface area contributed by atoms with Gasteiger partial charge in [0.1, 0.15) is 0 Å². The lowest BCUT2D eigenvalue weighted by Gasteiger charge is -2.16. The van der Waals surface area contributed by atoms with Gasteiger partial charge < -0.3 is 5.73 Å². The van der Waals surface area contributed by atoms with Crippen LogP contribution in [-0.4, -0.2) is 11.4 Å². The lowest BCUT2D eigenvalue weighted by molar-refractivity contribution is 0.606. The predicted octanol–water partition coefficient (Wildman–Crippen LogP) is 1.50. The largest absolute Gasteiger partial charge is 0.329 e. The van der Waals surface area contributed by atoms with Crippen LogP contribution in [0.15, 0.2) is 0 Å². The van der Waals surface area contributed by atoms with Crippen molar-refractivity contribution in [1.82, 2.24) is 0 Å². The number of alkyl halides is 1. The van der Waals surface area contributed by atoms with Gasteiger partial charge in [-0.15, -0.1) is 11.6 Å². The van der Waals surface area contributed by atoms with Crippen molar-refractivity contribution < 1.29 is 0 Å². The third-order valence-electron chi connectivity index (χ3n) is 1.87. The SMILES string of the molecule is NCC1(Cl)CCCC1. The molecule has 1 nitrogen and oxygen atoms in total. The van der Waals surface area contributed by atoms with E-state index < -0.39 is 0 Å². The van der Waals surface area contributed by atoms with E-state index in [4.69, 9.17) is 17.3 Å². The van der Waals surface area contributed by atoms with Gasteiger partial charge in [-0.1, -0.05) is 12.8 Å². The second kappa shape index (κ2) is 2.24. The smallest absolute Gasteiger partial charge is 0.0568 e. The highest BCUT2D eigenvalue weighted by molar-refractivity contribution is 6.24. The Bertz CT molecular complexity index is 76.6. The molecule has 1 saturated carbocycles. The lowest BCUT2D eigenvalue weighted by Crippen LogP contribution is -2.27. The van der Waals surface area contributed by atoms with Gasteiger partial charge >= 0.3 is 0 Å². The van der Waals surface area contributed by atoms with Crippen molar-refractivity contribution in [3.05, 3.63) is 0 Å². The summed E-state index contributed by atoms with van der Waals surface area (Å²) < 4.78 is 0. The zero-order chi connectivity index (χ0) is 6.04. The summed E-state index contributed by atoms with van der Waals surface area (Å²) >= 11 is 6.03. The van der Waals surface area contributed by atoms with E-state index in [1.54, 1.807) is 0 Å². The highest BCUT2D eigenvalue weighted by atomic mass is 35.5. The first-order valence-corrected chi connectivity index (χ1v) is 3.54. The molecular formula is C6H12ClN. The molecular weight excluding hydrogens is 122 g/mol. The van der Waals surface area contributed by atoms with Gasteiger partial charge in [-0.05, 0) is 12.8 Å². The summed E-state index contributed by atoms with van der Waals surface area (Å²) in [7, 11) is 0. The third kappa shape index (κ3) is 1.15. The zero-order valence-electron chi connectivity index (χ0n) is 4.99. The second-order valence-electron chi connectivity index (χ2n) is 2.56. The molecule has 0 aromatic rings. The van der Waals surface area contributed by atoms with Crippen LogP contribution in [0.3, 0.4) is 0 Å². The van der Waals surface area contributed by atoms with E-state index in [0.29, 0.717) is 6.54 Å². The van der Waals surface area contributed by atoms with Crippen LogP contribution in [0, 0.1) is 0 Å². The normalized spacial score (nSPS) is 26.2. The molecule has 0 aromatic carbocycles. The summed E-state index contributed by atoms with van der Waals surface area (Å²) in [6.07, 6.45) is 4.76. The summed E-state index contributed by atoms with van der Waals surface area (Å²) in [5, 5.41) is 0. The quantitative estimate of drug-likeness (QED) is 0.539. The number of rotatable bonds is 1. The Morgan fingerprint density at radius 1 is 1.38 bits per heavy atom. The number of nitrogens with two attached hydrogens (primary N) is 1. The van der Waals surface area contributed by atoms with Gasteiger partial charge in [0.05, 0.1) is 4.87 Å². The van der Waals surface area contributed by atoms with E-state index in [0.717, 1.165) is 12.8 Å². The van der Waals surface area contributed by atoms with Gasteiger partial charge in [0.2, 0.25) is 0 Å². The maximum absolute atomic E-state index is 6.03. The molecule has 0 bridgehead atoms. The minimum Gasteiger partial charge on any atom is -0.329 e. The molecule has 0 heterocycles. The Labute approximate surface area is 55.2 Å². The highest BCUT2D eigenvalue weighted by Gasteiger charge is 2.29. The van der Waals surface area contributed by atoms with Crippen LogP contribution in [0.1, 0.15) is 25.7 Å². The Morgan fingerprint density at radius 2 is 1.88 bits per heavy atom. The second-order valence-corrected chi connectivity index (χ2v) is 3.36. The molecule has 1 aliphatic rings. The molecule has 0 aliphatic heterocycles. The van der Waals surface area contributed by atoms with Crippen LogP contribution < -0.4 is 5.73 Å². The van der Waals surface area contributed by atoms with E-state index in [1.807, 2.05) is 0 Å². The Balaban J connectivity index is 2.40. The molecule has 1 aliphatic carbocycles. The van der Waals surface area contributed by atoms with Crippen LogP contribution >= 0.6 is 11.6 Å². The van der Waals surface area contributed by atoms with Crippen molar-refractivity contribution >= 4 is 11.6 Å². The van der Waals surface area contributed by atoms with Crippen LogP contribution in [0.2, 0.25) is 0 Å². The van der Waals surface area contributed by atoms with Gasteiger partial charge in [0.25, 0.3) is 0 Å². The topological polar surface area (TPSA) is 26.0 Å². The van der Waals surface area contributed by atoms with Gasteiger partial charge in [0.15, 0.2) is 0 Å². The maximum atomic E-state index is 6.03. The highest BCUT2D eigenvalue weighted by Crippen LogP contribution is 2.34. The molecule has 0 aromatic heterocycles. The van der Waals surface area contributed by atoms with Gasteiger partial charge in [-0.3, -0.25) is 0 Å². The van der Waals surface area contributed by atoms with Crippen molar-refractivity contribution in [2.45, 2.75) is 30.6 Å². The third-order valence-corrected chi connectivity index (χ3v) is 2.40. The van der Waals surface area contributed by atoms with Crippen molar-refractivity contribution in [2.24, 2.45) is 5.73 Å². The fraction of sp³-hybridized carbons (Fsp3) is 1.00. The van der Waals surface area contributed by atoms with Crippen LogP contribution in [0.25, 0.3) is 0 Å². The van der Waals surface area contributed by atoms with E-state index in [9.17, 15) is 0 Å². The molecule has 0 atom stereocenters. The fourth-order valence-corrected chi connectivity index (χ4v) is 1.48. The van der Waals surface area contributed by atoms with Gasteiger partial charge in [-0.25, -0.2) is 0 Å². The molecule has 1 rings (SSSR count). The molecule has 8 heavy (non-hydrogen) atoms. The Morgan fingerprint density at radius 3 is 2.12 bits per heavy atom. The zero-order valence-corrected chi connectivity index (χ0v) is 5.75. The standard InChI is InChI=1S/C6H12ClN/c7-6(5-8)3-1-2-4-6/h1-5,8H2. The van der Waals surface area contributed by atoms with Crippen molar-refractivity contribution in [2.75, 3.05) is 6.54 Å². The van der Waals surface area contributed by atoms with Crippen molar-refractivity contribution in [1.29, 1.82) is 0 Å². The van der Waals surface area contributed by atoms with Crippen LogP contribution in [0.5, 0.6) is 0 Å². The van der Waals surface area contributed by atoms with E-state index in [1.165, 1.54) is 12.8 Å². The molecule has 0 spiro atoms. The minimum absolute atomic E-state index is 0.0139. The summed E-state index contributed by atoms with van der Waals surface area (Å²) in [4.78, 5) is -0.0139. The minimum atomic E-state index is -0.0139. The average molecular weight is 134 g/mol. The molecule has 2 N–H and O–H groups in total. The molecule has 2 heteroatoms. The van der Waals surface area contributed by atoms with E-state index in [-0.39, 0.29) is 4.87 Å². The first-order valence-electron chi connectivity index (χ1n) is 3.16. The Kier molecular flexibility index (Phi) is 1.78. The first kappa shape index (κ1) is 6.37. The average Bonchev–Trinajstić information content (AvgIpc) is 2.17. The lowest BCUT2D eigenvalue weighted by atomic mass is 10.1. The monoisotopic (exact) mass is 133 g/mol. The van der Waals surface area contributed by atoms with E-state index >= 15 is 0 Å². The molecule has 48 valence electrons. The van der Waals surface area contributed by atoms with Gasteiger partial charge in [-0.2, -0.15) is 0 Å². The first-order chi connectivity index (χ1) is 3.77. The number of hydrogen-bond acceptors (Lipinski definition) is 1. The summed E-state index contributed by atoms with van der Waals surface area (Å²) in [6.45, 7) is 0.647. The van der Waals surface area contributed by atoms with Crippen LogP contribution in [0.4, 0.5) is 0 Å². The van der Waals surface area contributed by atoms with Crippen molar-refractivity contribution in [3.63, 3.8) is 0 Å². The number of halogens is 1. The molecule has 1 fully saturated rings. The summed E-state index contributed by atoms with van der Waals surface area (Å²) in [5.74, 6) is 0. The summed E-state index contributed by atoms with van der Waals surface area (Å²) in [5.41, 5.74) is 5.44. The predicted molar refractivity (Wildman–Crippen MR) is 36.1 cm³/mol. The van der Waals surface area contributed by atoms with E-state index in [2.05, 4.69) is 0 Å². The molecule has 0 saturated heterocycles. The van der Waals surface area contributed by atoms with Crippen LogP contribution in [-0.2, 0) is 0 Å². The fourth-order valence-electron chi connectivity index (χ4n) is 1.21. The summed E-state index contributed by atoms with van der Waals surface area (Å²) in [6, 6.07) is 0. The maximum Gasteiger partial charge on any atom is 0.0568 e. The Hall–Kier alpha value is 0.250. The number of hydrogen-bond donors (Lipinski definition) is 1. The molecule has 0 amide bonds. The van der Waals surface area contributed by atoms with Gasteiger partial charge in [0, 0.05) is 6.54 Å². The van der Waals surface area contributed by atoms with Crippen molar-refractivity contribution in [3.8, 4) is 0 Å². The molecule has 0 radical (unpaired) electrons.